The number of carboxylic acids is 1. The maximum absolute atomic E-state index is 11.2. The van der Waals surface area contributed by atoms with Crippen LogP contribution in [0.15, 0.2) is 0 Å². The lowest BCUT2D eigenvalue weighted by atomic mass is 9.44. The average Bonchev–Trinajstić information content (AvgIpc) is 2.97. The molecule has 0 radical (unpaired) electrons. The van der Waals surface area contributed by atoms with Crippen LogP contribution in [0.25, 0.3) is 0 Å². The van der Waals surface area contributed by atoms with Crippen LogP contribution in [0.3, 0.4) is 0 Å². The van der Waals surface area contributed by atoms with Gasteiger partial charge in [-0.05, 0) is 97.7 Å². The number of fused-ring (bicyclic) bond motifs is 5. The van der Waals surface area contributed by atoms with Crippen LogP contribution in [-0.4, -0.2) is 22.3 Å². The van der Waals surface area contributed by atoms with Gasteiger partial charge >= 0.3 is 5.97 Å². The van der Waals surface area contributed by atoms with E-state index in [1.807, 2.05) is 0 Å². The van der Waals surface area contributed by atoms with Gasteiger partial charge in [-0.2, -0.15) is 0 Å². The highest BCUT2D eigenvalue weighted by molar-refractivity contribution is 5.66. The van der Waals surface area contributed by atoms with Crippen molar-refractivity contribution in [2.24, 2.45) is 46.3 Å². The number of aliphatic carboxylic acids is 1. The molecule has 0 bridgehead atoms. The molecule has 2 N–H and O–H groups in total. The third-order valence-electron chi connectivity index (χ3n) is 10.2. The van der Waals surface area contributed by atoms with Gasteiger partial charge in [0.05, 0.1) is 6.10 Å². The van der Waals surface area contributed by atoms with E-state index in [0.717, 1.165) is 18.8 Å². The Hall–Kier alpha value is -0.570. The van der Waals surface area contributed by atoms with E-state index in [2.05, 4.69) is 20.8 Å². The fourth-order valence-corrected chi connectivity index (χ4v) is 8.78. The molecule has 4 fully saturated rings. The second-order valence-electron chi connectivity index (χ2n) is 11.2. The van der Waals surface area contributed by atoms with Crippen molar-refractivity contribution in [3.63, 3.8) is 0 Å². The Labute approximate surface area is 165 Å². The van der Waals surface area contributed by atoms with E-state index in [1.54, 1.807) is 0 Å². The number of rotatable bonds is 4. The first-order chi connectivity index (χ1) is 12.8. The molecule has 0 heterocycles. The normalized spacial score (nSPS) is 50.4. The van der Waals surface area contributed by atoms with E-state index in [-0.39, 0.29) is 6.10 Å². The van der Waals surface area contributed by atoms with Crippen molar-refractivity contribution in [3.8, 4) is 0 Å². The Kier molecular flexibility index (Phi) is 5.15. The molecule has 0 aromatic heterocycles. The lowest BCUT2D eigenvalue weighted by Gasteiger charge is -2.62. The summed E-state index contributed by atoms with van der Waals surface area (Å²) in [4.78, 5) is 11.0. The fraction of sp³-hybridized carbons (Fsp3) is 0.958. The van der Waals surface area contributed by atoms with Gasteiger partial charge in [0, 0.05) is 6.42 Å². The van der Waals surface area contributed by atoms with Gasteiger partial charge in [0.2, 0.25) is 0 Å². The first-order valence-corrected chi connectivity index (χ1v) is 11.7. The van der Waals surface area contributed by atoms with Gasteiger partial charge < -0.3 is 10.2 Å². The summed E-state index contributed by atoms with van der Waals surface area (Å²) in [5.74, 6) is 3.02. The molecule has 0 aromatic carbocycles. The highest BCUT2D eigenvalue weighted by Gasteiger charge is 2.62. The number of hydrogen-bond acceptors (Lipinski definition) is 2. The van der Waals surface area contributed by atoms with Crippen LogP contribution in [0.4, 0.5) is 0 Å². The van der Waals surface area contributed by atoms with Crippen molar-refractivity contribution in [1.29, 1.82) is 0 Å². The second-order valence-corrected chi connectivity index (χ2v) is 11.2. The predicted molar refractivity (Wildman–Crippen MR) is 107 cm³/mol. The SMILES string of the molecule is C[C@H](CCC(=O)O)[C@H]1CCC2[C@H]3[C@@H](CC[C@@]21C)[C@@]1(C)CCCCC1C[C@@H]3O. The van der Waals surface area contributed by atoms with Crippen LogP contribution in [0, 0.1) is 46.3 Å². The fourth-order valence-electron chi connectivity index (χ4n) is 8.78. The molecule has 154 valence electrons. The zero-order valence-electron chi connectivity index (χ0n) is 17.6. The molecular formula is C24H40O3. The van der Waals surface area contributed by atoms with E-state index in [4.69, 9.17) is 5.11 Å². The van der Waals surface area contributed by atoms with Crippen LogP contribution in [0.1, 0.15) is 91.4 Å². The van der Waals surface area contributed by atoms with Crippen molar-refractivity contribution in [2.45, 2.75) is 97.5 Å². The summed E-state index contributed by atoms with van der Waals surface area (Å²) in [6.07, 6.45) is 12.5. The monoisotopic (exact) mass is 376 g/mol. The summed E-state index contributed by atoms with van der Waals surface area (Å²) in [5, 5.41) is 20.3. The van der Waals surface area contributed by atoms with Crippen molar-refractivity contribution >= 4 is 5.97 Å². The Morgan fingerprint density at radius 3 is 2.52 bits per heavy atom. The molecule has 9 atom stereocenters. The van der Waals surface area contributed by atoms with Gasteiger partial charge in [0.15, 0.2) is 0 Å². The minimum atomic E-state index is -0.663. The molecule has 4 aliphatic rings. The minimum Gasteiger partial charge on any atom is -0.481 e. The van der Waals surface area contributed by atoms with Crippen molar-refractivity contribution in [1.82, 2.24) is 0 Å². The Morgan fingerprint density at radius 2 is 1.78 bits per heavy atom. The number of carbonyl (C=O) groups is 1. The molecule has 0 spiro atoms. The first-order valence-electron chi connectivity index (χ1n) is 11.7. The molecule has 3 nitrogen and oxygen atoms in total. The quantitative estimate of drug-likeness (QED) is 0.680. The smallest absolute Gasteiger partial charge is 0.303 e. The maximum atomic E-state index is 11.2. The Morgan fingerprint density at radius 1 is 1.04 bits per heavy atom. The van der Waals surface area contributed by atoms with Gasteiger partial charge in [0.1, 0.15) is 0 Å². The minimum absolute atomic E-state index is 0.108. The van der Waals surface area contributed by atoms with Crippen molar-refractivity contribution in [2.75, 3.05) is 0 Å². The molecule has 4 saturated carbocycles. The molecule has 3 heteroatoms. The van der Waals surface area contributed by atoms with E-state index in [9.17, 15) is 9.90 Å². The molecule has 27 heavy (non-hydrogen) atoms. The summed E-state index contributed by atoms with van der Waals surface area (Å²) < 4.78 is 0. The van der Waals surface area contributed by atoms with Gasteiger partial charge in [0.25, 0.3) is 0 Å². The highest BCUT2D eigenvalue weighted by Crippen LogP contribution is 2.68. The Bertz CT molecular complexity index is 574. The molecule has 4 rings (SSSR count). The Balaban J connectivity index is 1.56. The summed E-state index contributed by atoms with van der Waals surface area (Å²) in [6.45, 7) is 7.33. The van der Waals surface area contributed by atoms with Crippen LogP contribution < -0.4 is 0 Å². The van der Waals surface area contributed by atoms with Gasteiger partial charge in [-0.25, -0.2) is 0 Å². The maximum Gasteiger partial charge on any atom is 0.303 e. The lowest BCUT2D eigenvalue weighted by Crippen LogP contribution is -2.57. The van der Waals surface area contributed by atoms with E-state index in [0.29, 0.717) is 46.8 Å². The molecule has 0 aliphatic heterocycles. The number of carboxylic acid groups (broad SMARTS) is 1. The highest BCUT2D eigenvalue weighted by atomic mass is 16.4. The third kappa shape index (κ3) is 3.07. The molecule has 2 unspecified atom stereocenters. The molecule has 0 saturated heterocycles. The molecule has 0 aromatic rings. The second kappa shape index (κ2) is 7.04. The van der Waals surface area contributed by atoms with E-state index < -0.39 is 5.97 Å². The molecule has 0 amide bonds. The zero-order chi connectivity index (χ0) is 19.4. The van der Waals surface area contributed by atoms with Gasteiger partial charge in [-0.15, -0.1) is 0 Å². The van der Waals surface area contributed by atoms with Crippen LogP contribution >= 0.6 is 0 Å². The third-order valence-corrected chi connectivity index (χ3v) is 10.2. The van der Waals surface area contributed by atoms with Gasteiger partial charge in [-0.1, -0.05) is 33.6 Å². The van der Waals surface area contributed by atoms with Crippen molar-refractivity contribution in [3.05, 3.63) is 0 Å². The number of aliphatic hydroxyl groups excluding tert-OH is 1. The van der Waals surface area contributed by atoms with Gasteiger partial charge in [-0.3, -0.25) is 4.79 Å². The summed E-state index contributed by atoms with van der Waals surface area (Å²) in [7, 11) is 0. The van der Waals surface area contributed by atoms with E-state index >= 15 is 0 Å². The summed E-state index contributed by atoms with van der Waals surface area (Å²) >= 11 is 0. The number of hydrogen-bond donors (Lipinski definition) is 2. The lowest BCUT2D eigenvalue weighted by molar-refractivity contribution is -0.164. The topological polar surface area (TPSA) is 57.5 Å². The molecular weight excluding hydrogens is 336 g/mol. The van der Waals surface area contributed by atoms with Crippen molar-refractivity contribution < 1.29 is 15.0 Å². The summed E-state index contributed by atoms with van der Waals surface area (Å²) in [6, 6.07) is 0. The standard InChI is InChI=1S/C24H40O3/c1-15(7-10-21(26)27)17-8-9-18-22-19(11-13-24(17,18)3)23(2)12-5-4-6-16(23)14-20(22)25/h15-20,22,25H,4-14H2,1-3H3,(H,26,27)/t15-,16?,17-,18?,19-,20+,22+,23+,24-/m1/s1. The van der Waals surface area contributed by atoms with E-state index in [1.165, 1.54) is 51.4 Å². The average molecular weight is 377 g/mol. The summed E-state index contributed by atoms with van der Waals surface area (Å²) in [5.41, 5.74) is 0.758. The largest absolute Gasteiger partial charge is 0.481 e. The van der Waals surface area contributed by atoms with Crippen LogP contribution in [0.2, 0.25) is 0 Å². The van der Waals surface area contributed by atoms with Crippen LogP contribution in [-0.2, 0) is 4.79 Å². The molecule has 4 aliphatic carbocycles. The first kappa shape index (κ1) is 19.7. The van der Waals surface area contributed by atoms with Crippen LogP contribution in [0.5, 0.6) is 0 Å². The zero-order valence-corrected chi connectivity index (χ0v) is 17.6. The predicted octanol–water partition coefficient (Wildman–Crippen LogP) is 5.51. The number of aliphatic hydroxyl groups is 1.